The molecule has 50 heavy (non-hydrogen) atoms. The minimum atomic E-state index is -3.71. The Bertz CT molecular complexity index is 2340. The third kappa shape index (κ3) is 7.77. The summed E-state index contributed by atoms with van der Waals surface area (Å²) in [5, 5.41) is 0.223. The maximum absolute atomic E-state index is 13.1. The number of carbonyl (C=O) groups excluding carboxylic acids is 1. The molecule has 0 heterocycles. The van der Waals surface area contributed by atoms with Crippen molar-refractivity contribution in [2.24, 2.45) is 0 Å². The molecule has 0 bridgehead atoms. The van der Waals surface area contributed by atoms with Gasteiger partial charge in [-0.1, -0.05) is 23.7 Å². The first-order valence-electron chi connectivity index (χ1n) is 15.2. The molecule has 1 unspecified atom stereocenters. The van der Waals surface area contributed by atoms with Gasteiger partial charge in [0.05, 0.1) is 25.0 Å². The summed E-state index contributed by atoms with van der Waals surface area (Å²) >= 11 is 12.0. The van der Waals surface area contributed by atoms with Gasteiger partial charge in [-0.25, -0.2) is 16.8 Å². The van der Waals surface area contributed by atoms with E-state index >= 15 is 0 Å². The first-order valence-corrected chi connectivity index (χ1v) is 19.0. The highest BCUT2D eigenvalue weighted by atomic mass is 35.5. The average Bonchev–Trinajstić information content (AvgIpc) is 3.13. The fraction of sp³-hybridized carbons (Fsp3) is 0.0513. The Balaban J connectivity index is 1.06. The van der Waals surface area contributed by atoms with Crippen LogP contribution in [0.1, 0.15) is 33.8 Å². The van der Waals surface area contributed by atoms with Crippen LogP contribution >= 0.6 is 23.2 Å². The van der Waals surface area contributed by atoms with Gasteiger partial charge in [-0.05, 0) is 146 Å². The van der Waals surface area contributed by atoms with Crippen molar-refractivity contribution in [2.45, 2.75) is 31.9 Å². The molecule has 11 heteroatoms. The van der Waals surface area contributed by atoms with Gasteiger partial charge < -0.3 is 9.47 Å². The average molecular weight is 744 g/mol. The van der Waals surface area contributed by atoms with E-state index in [-0.39, 0.29) is 30.7 Å². The molecular formula is C39H28Cl2O7S2. The second kappa shape index (κ2) is 14.5. The van der Waals surface area contributed by atoms with Gasteiger partial charge in [0, 0.05) is 16.1 Å². The molecule has 0 aromatic heterocycles. The number of carbonyl (C=O) groups is 1. The number of halogens is 2. The van der Waals surface area contributed by atoms with Gasteiger partial charge in [0.1, 0.15) is 23.0 Å². The molecule has 0 radical (unpaired) electrons. The molecule has 0 aliphatic heterocycles. The fourth-order valence-electron chi connectivity index (χ4n) is 4.96. The van der Waals surface area contributed by atoms with E-state index in [0.717, 1.165) is 5.56 Å². The Morgan fingerprint density at radius 3 is 1.08 bits per heavy atom. The van der Waals surface area contributed by atoms with Gasteiger partial charge in [-0.2, -0.15) is 0 Å². The summed E-state index contributed by atoms with van der Waals surface area (Å²) < 4.78 is 63.7. The quantitative estimate of drug-likeness (QED) is 0.0961. The highest BCUT2D eigenvalue weighted by Gasteiger charge is 2.19. The normalized spacial score (nSPS) is 12.2. The number of hydrogen-bond donors (Lipinski definition) is 0. The van der Waals surface area contributed by atoms with Crippen LogP contribution in [0.5, 0.6) is 23.0 Å². The van der Waals surface area contributed by atoms with Crippen molar-refractivity contribution in [3.05, 3.63) is 167 Å². The number of benzene rings is 6. The van der Waals surface area contributed by atoms with Gasteiger partial charge in [-0.3, -0.25) is 4.79 Å². The van der Waals surface area contributed by atoms with Crippen molar-refractivity contribution in [2.75, 3.05) is 0 Å². The smallest absolute Gasteiger partial charge is 0.206 e. The maximum atomic E-state index is 13.1. The zero-order valence-corrected chi connectivity index (χ0v) is 29.5. The molecule has 0 N–H and O–H groups in total. The van der Waals surface area contributed by atoms with Crippen molar-refractivity contribution in [3.63, 3.8) is 0 Å². The fourth-order valence-corrected chi connectivity index (χ4v) is 7.75. The summed E-state index contributed by atoms with van der Waals surface area (Å²) in [6.45, 7) is 1.82. The molecule has 7 nitrogen and oxygen atoms in total. The minimum Gasteiger partial charge on any atom is -0.457 e. The summed E-state index contributed by atoms with van der Waals surface area (Å²) in [7, 11) is -7.42. The summed E-state index contributed by atoms with van der Waals surface area (Å²) in [5.74, 6) is 1.60. The van der Waals surface area contributed by atoms with Crippen molar-refractivity contribution >= 4 is 48.7 Å². The Labute approximate surface area is 300 Å². The van der Waals surface area contributed by atoms with Crippen LogP contribution in [0.25, 0.3) is 0 Å². The standard InChI is InChI=1S/C39H28Cl2O7S2/c1-26(40)27-6-18-35(19-7-27)49(43,44)37-22-14-33(15-23-37)47-31-10-2-28(3-11-31)39(42)29-4-12-32(13-5-29)48-34-16-24-38(25-17-34)50(45,46)36-20-8-30(41)9-21-36/h2-26H,1H3. The van der Waals surface area contributed by atoms with E-state index in [1.54, 1.807) is 97.1 Å². The van der Waals surface area contributed by atoms with Gasteiger partial charge in [0.15, 0.2) is 5.78 Å². The molecule has 0 aliphatic rings. The Hall–Kier alpha value is -4.93. The highest BCUT2D eigenvalue weighted by Crippen LogP contribution is 2.30. The van der Waals surface area contributed by atoms with Crippen molar-refractivity contribution in [1.82, 2.24) is 0 Å². The number of ether oxygens (including phenoxy) is 2. The molecule has 6 aromatic carbocycles. The summed E-state index contributed by atoms with van der Waals surface area (Å²) in [6, 6.07) is 37.8. The van der Waals surface area contributed by atoms with E-state index in [1.807, 2.05) is 6.92 Å². The summed E-state index contributed by atoms with van der Waals surface area (Å²) in [5.41, 5.74) is 1.72. The van der Waals surface area contributed by atoms with Gasteiger partial charge in [0.2, 0.25) is 19.7 Å². The molecule has 0 aliphatic carbocycles. The zero-order chi connectivity index (χ0) is 35.5. The summed E-state index contributed by atoms with van der Waals surface area (Å²) in [6.07, 6.45) is 0. The predicted octanol–water partition coefficient (Wildman–Crippen LogP) is 10.1. The largest absolute Gasteiger partial charge is 0.457 e. The van der Waals surface area contributed by atoms with Crippen LogP contribution in [0.15, 0.2) is 165 Å². The number of rotatable bonds is 11. The molecule has 6 rings (SSSR count). The van der Waals surface area contributed by atoms with Crippen LogP contribution < -0.4 is 9.47 Å². The van der Waals surface area contributed by atoms with Crippen LogP contribution in [-0.4, -0.2) is 22.6 Å². The first kappa shape index (κ1) is 34.9. The van der Waals surface area contributed by atoms with Gasteiger partial charge >= 0.3 is 0 Å². The van der Waals surface area contributed by atoms with Crippen LogP contribution in [0.3, 0.4) is 0 Å². The molecular weight excluding hydrogens is 715 g/mol. The first-order chi connectivity index (χ1) is 23.9. The van der Waals surface area contributed by atoms with Crippen LogP contribution in [-0.2, 0) is 19.7 Å². The zero-order valence-electron chi connectivity index (χ0n) is 26.4. The maximum Gasteiger partial charge on any atom is 0.206 e. The number of alkyl halides is 1. The van der Waals surface area contributed by atoms with Crippen molar-refractivity contribution < 1.29 is 31.1 Å². The lowest BCUT2D eigenvalue weighted by Crippen LogP contribution is -2.02. The lowest BCUT2D eigenvalue weighted by Gasteiger charge is -2.10. The molecule has 0 amide bonds. The van der Waals surface area contributed by atoms with Crippen molar-refractivity contribution in [1.29, 1.82) is 0 Å². The number of hydrogen-bond acceptors (Lipinski definition) is 7. The third-order valence-electron chi connectivity index (χ3n) is 7.75. The molecule has 0 saturated heterocycles. The lowest BCUT2D eigenvalue weighted by atomic mass is 10.0. The van der Waals surface area contributed by atoms with Gasteiger partial charge in [-0.15, -0.1) is 11.6 Å². The van der Waals surface area contributed by atoms with Crippen molar-refractivity contribution in [3.8, 4) is 23.0 Å². The van der Waals surface area contributed by atoms with Crippen LogP contribution in [0.2, 0.25) is 5.02 Å². The van der Waals surface area contributed by atoms with E-state index in [2.05, 4.69) is 0 Å². The molecule has 1 atom stereocenters. The Kier molecular flexibility index (Phi) is 10.1. The Morgan fingerprint density at radius 2 is 0.760 bits per heavy atom. The molecule has 0 fully saturated rings. The van der Waals surface area contributed by atoms with Crippen LogP contribution in [0.4, 0.5) is 0 Å². The van der Waals surface area contributed by atoms with E-state index in [0.29, 0.717) is 39.1 Å². The van der Waals surface area contributed by atoms with E-state index in [4.69, 9.17) is 32.7 Å². The topological polar surface area (TPSA) is 104 Å². The molecule has 0 saturated carbocycles. The second-order valence-electron chi connectivity index (χ2n) is 11.2. The van der Waals surface area contributed by atoms with Gasteiger partial charge in [0.25, 0.3) is 0 Å². The minimum absolute atomic E-state index is 0.119. The molecule has 6 aromatic rings. The highest BCUT2D eigenvalue weighted by molar-refractivity contribution is 7.91. The lowest BCUT2D eigenvalue weighted by molar-refractivity contribution is 0.103. The van der Waals surface area contributed by atoms with E-state index in [1.165, 1.54) is 48.5 Å². The SMILES string of the molecule is CC(Cl)c1ccc(S(=O)(=O)c2ccc(Oc3ccc(C(=O)c4ccc(Oc5ccc(S(=O)(=O)c6ccc(Cl)cc6)cc5)cc4)cc3)cc2)cc1. The summed E-state index contributed by atoms with van der Waals surface area (Å²) in [4.78, 5) is 13.7. The monoisotopic (exact) mass is 742 g/mol. The predicted molar refractivity (Wildman–Crippen MR) is 192 cm³/mol. The van der Waals surface area contributed by atoms with E-state index in [9.17, 15) is 21.6 Å². The van der Waals surface area contributed by atoms with E-state index < -0.39 is 19.7 Å². The van der Waals surface area contributed by atoms with Crippen LogP contribution in [0, 0.1) is 0 Å². The second-order valence-corrected chi connectivity index (χ2v) is 16.2. The third-order valence-corrected chi connectivity index (χ3v) is 11.8. The Morgan fingerprint density at radius 1 is 0.480 bits per heavy atom. The molecule has 0 spiro atoms. The molecule has 252 valence electrons. The number of ketones is 1. The number of sulfone groups is 2.